The number of anilines is 1. The minimum absolute atomic E-state index is 0.00512. The normalized spacial score (nSPS) is 11.0. The van der Waals surface area contributed by atoms with Gasteiger partial charge in [-0.25, -0.2) is 0 Å². The fourth-order valence-corrected chi connectivity index (χ4v) is 3.11. The number of carbonyl (C=O) groups is 2. The summed E-state index contributed by atoms with van der Waals surface area (Å²) in [5, 5.41) is 3.13. The largest absolute Gasteiger partial charge is 0.494 e. The van der Waals surface area contributed by atoms with Gasteiger partial charge >= 0.3 is 0 Å². The van der Waals surface area contributed by atoms with E-state index in [1.165, 1.54) is 18.1 Å². The smallest absolute Gasteiger partial charge is 0.224 e. The summed E-state index contributed by atoms with van der Waals surface area (Å²) in [7, 11) is 0. The highest BCUT2D eigenvalue weighted by Gasteiger charge is 2.15. The molecule has 0 aliphatic carbocycles. The molecule has 0 aliphatic heterocycles. The highest BCUT2D eigenvalue weighted by atomic mass is 16.5. The van der Waals surface area contributed by atoms with Crippen LogP contribution in [0.3, 0.4) is 0 Å². The van der Waals surface area contributed by atoms with Crippen LogP contribution in [-0.4, -0.2) is 18.3 Å². The van der Waals surface area contributed by atoms with Gasteiger partial charge in [0.1, 0.15) is 5.75 Å². The molecule has 2 rings (SSSR count). The molecule has 2 aromatic rings. The monoisotopic (exact) mass is 381 g/mol. The number of ether oxygens (including phenoxy) is 1. The molecule has 0 unspecified atom stereocenters. The van der Waals surface area contributed by atoms with E-state index >= 15 is 0 Å². The number of hydrogen-bond acceptors (Lipinski definition) is 3. The summed E-state index contributed by atoms with van der Waals surface area (Å²) in [6.45, 7) is 10.5. The average molecular weight is 382 g/mol. The van der Waals surface area contributed by atoms with Crippen molar-refractivity contribution >= 4 is 17.4 Å². The lowest BCUT2D eigenvalue weighted by Crippen LogP contribution is -2.16. The first-order valence-electron chi connectivity index (χ1n) is 9.96. The van der Waals surface area contributed by atoms with Crippen molar-refractivity contribution in [1.29, 1.82) is 0 Å². The summed E-state index contributed by atoms with van der Waals surface area (Å²) in [4.78, 5) is 23.8. The molecule has 0 radical (unpaired) electrons. The number of hydrogen-bond donors (Lipinski definition) is 1. The van der Waals surface area contributed by atoms with Gasteiger partial charge in [-0.1, -0.05) is 45.9 Å². The van der Waals surface area contributed by atoms with Crippen LogP contribution in [0.1, 0.15) is 80.8 Å². The molecule has 0 atom stereocenters. The topological polar surface area (TPSA) is 55.4 Å². The Hall–Kier alpha value is -2.62. The van der Waals surface area contributed by atoms with Gasteiger partial charge in [-0.3, -0.25) is 9.59 Å². The lowest BCUT2D eigenvalue weighted by atomic mass is 9.92. The van der Waals surface area contributed by atoms with Crippen molar-refractivity contribution in [3.63, 3.8) is 0 Å². The zero-order chi connectivity index (χ0) is 20.7. The van der Waals surface area contributed by atoms with Gasteiger partial charge in [-0.05, 0) is 60.6 Å². The third-order valence-corrected chi connectivity index (χ3v) is 4.72. The Morgan fingerprint density at radius 3 is 2.00 bits per heavy atom. The molecule has 2 aromatic carbocycles. The van der Waals surface area contributed by atoms with Crippen molar-refractivity contribution in [3.05, 3.63) is 59.2 Å². The molecule has 1 amide bonds. The van der Waals surface area contributed by atoms with Gasteiger partial charge in [0.05, 0.1) is 6.61 Å². The van der Waals surface area contributed by atoms with Crippen LogP contribution >= 0.6 is 0 Å². The predicted molar refractivity (Wildman–Crippen MR) is 114 cm³/mol. The average Bonchev–Trinajstić information content (AvgIpc) is 2.65. The standard InChI is InChI=1S/C24H31NO3/c1-16(2)21-8-6-9-22(17(3)4)24(21)25-23(27)10-7-15-28-20-13-11-19(12-14-20)18(5)26/h6,8-9,11-14,16-17H,7,10,15H2,1-5H3,(H,25,27). The van der Waals surface area contributed by atoms with Gasteiger partial charge in [0, 0.05) is 17.7 Å². The van der Waals surface area contributed by atoms with E-state index in [9.17, 15) is 9.59 Å². The summed E-state index contributed by atoms with van der Waals surface area (Å²) < 4.78 is 5.67. The second-order valence-electron chi connectivity index (χ2n) is 7.70. The van der Waals surface area contributed by atoms with Crippen LogP contribution in [0.2, 0.25) is 0 Å². The highest BCUT2D eigenvalue weighted by molar-refractivity contribution is 5.94. The number of nitrogens with one attached hydrogen (secondary N) is 1. The summed E-state index contributed by atoms with van der Waals surface area (Å²) in [5.74, 6) is 1.43. The predicted octanol–water partition coefficient (Wildman–Crippen LogP) is 5.93. The molecule has 1 N–H and O–H groups in total. The Morgan fingerprint density at radius 1 is 0.929 bits per heavy atom. The lowest BCUT2D eigenvalue weighted by molar-refractivity contribution is -0.116. The molecule has 150 valence electrons. The Bertz CT molecular complexity index is 781. The van der Waals surface area contributed by atoms with Gasteiger partial charge in [-0.15, -0.1) is 0 Å². The number of para-hydroxylation sites is 1. The molecular weight excluding hydrogens is 350 g/mol. The first kappa shape index (κ1) is 21.7. The maximum absolute atomic E-state index is 12.5. The number of Topliss-reactive ketones (excluding diaryl/α,β-unsaturated/α-hetero) is 1. The van der Waals surface area contributed by atoms with E-state index in [1.807, 2.05) is 0 Å². The van der Waals surface area contributed by atoms with Crippen LogP contribution in [0.4, 0.5) is 5.69 Å². The van der Waals surface area contributed by atoms with Crippen molar-refractivity contribution in [2.24, 2.45) is 0 Å². The third-order valence-electron chi connectivity index (χ3n) is 4.72. The molecule has 0 aliphatic rings. The number of carbonyl (C=O) groups excluding carboxylic acids is 2. The van der Waals surface area contributed by atoms with Crippen molar-refractivity contribution in [1.82, 2.24) is 0 Å². The summed E-state index contributed by atoms with van der Waals surface area (Å²) in [5.41, 5.74) is 3.96. The van der Waals surface area contributed by atoms with Crippen molar-refractivity contribution in [2.45, 2.75) is 59.3 Å². The Labute approximate surface area is 168 Å². The second-order valence-corrected chi connectivity index (χ2v) is 7.70. The van der Waals surface area contributed by atoms with Gasteiger partial charge in [0.15, 0.2) is 5.78 Å². The first-order chi connectivity index (χ1) is 13.3. The third kappa shape index (κ3) is 5.95. The molecule has 0 bridgehead atoms. The minimum atomic E-state index is 0.00512. The molecule has 0 heterocycles. The quantitative estimate of drug-likeness (QED) is 0.432. The molecule has 0 saturated carbocycles. The van der Waals surface area contributed by atoms with Gasteiger partial charge in [0.2, 0.25) is 5.91 Å². The Morgan fingerprint density at radius 2 is 1.50 bits per heavy atom. The zero-order valence-electron chi connectivity index (χ0n) is 17.5. The molecule has 28 heavy (non-hydrogen) atoms. The molecular formula is C24H31NO3. The van der Waals surface area contributed by atoms with Crippen molar-refractivity contribution < 1.29 is 14.3 Å². The number of amides is 1. The second kappa shape index (κ2) is 10.1. The SMILES string of the molecule is CC(=O)c1ccc(OCCCC(=O)Nc2c(C(C)C)cccc2C(C)C)cc1. The number of rotatable bonds is 9. The van der Waals surface area contributed by atoms with Crippen LogP contribution in [-0.2, 0) is 4.79 Å². The molecule has 0 saturated heterocycles. The lowest BCUT2D eigenvalue weighted by Gasteiger charge is -2.20. The first-order valence-corrected chi connectivity index (χ1v) is 9.96. The number of ketones is 1. The number of benzene rings is 2. The van der Waals surface area contributed by atoms with E-state index in [-0.39, 0.29) is 11.7 Å². The maximum atomic E-state index is 12.5. The molecule has 0 fully saturated rings. The van der Waals surface area contributed by atoms with E-state index in [2.05, 4.69) is 51.2 Å². The Balaban J connectivity index is 1.90. The van der Waals surface area contributed by atoms with E-state index in [1.54, 1.807) is 24.3 Å². The summed E-state index contributed by atoms with van der Waals surface area (Å²) in [6.07, 6.45) is 1.02. The molecule has 0 spiro atoms. The van der Waals surface area contributed by atoms with Gasteiger partial charge in [-0.2, -0.15) is 0 Å². The van der Waals surface area contributed by atoms with Gasteiger partial charge < -0.3 is 10.1 Å². The van der Waals surface area contributed by atoms with Crippen LogP contribution < -0.4 is 10.1 Å². The maximum Gasteiger partial charge on any atom is 0.224 e. The Kier molecular flexibility index (Phi) is 7.80. The van der Waals surface area contributed by atoms with E-state index in [0.717, 1.165) is 5.69 Å². The van der Waals surface area contributed by atoms with E-state index in [0.29, 0.717) is 42.6 Å². The van der Waals surface area contributed by atoms with E-state index < -0.39 is 0 Å². The fourth-order valence-electron chi connectivity index (χ4n) is 3.11. The van der Waals surface area contributed by atoms with Crippen LogP contribution in [0.15, 0.2) is 42.5 Å². The molecule has 0 aromatic heterocycles. The van der Waals surface area contributed by atoms with Crippen LogP contribution in [0.25, 0.3) is 0 Å². The highest BCUT2D eigenvalue weighted by Crippen LogP contribution is 2.32. The van der Waals surface area contributed by atoms with Crippen molar-refractivity contribution in [3.8, 4) is 5.75 Å². The molecule has 4 nitrogen and oxygen atoms in total. The van der Waals surface area contributed by atoms with Crippen LogP contribution in [0, 0.1) is 0 Å². The van der Waals surface area contributed by atoms with Crippen LogP contribution in [0.5, 0.6) is 5.75 Å². The van der Waals surface area contributed by atoms with Crippen molar-refractivity contribution in [2.75, 3.05) is 11.9 Å². The summed E-state index contributed by atoms with van der Waals surface area (Å²) in [6, 6.07) is 13.3. The summed E-state index contributed by atoms with van der Waals surface area (Å²) >= 11 is 0. The fraction of sp³-hybridized carbons (Fsp3) is 0.417. The molecule has 4 heteroatoms. The minimum Gasteiger partial charge on any atom is -0.494 e. The zero-order valence-corrected chi connectivity index (χ0v) is 17.5. The van der Waals surface area contributed by atoms with E-state index in [4.69, 9.17) is 4.74 Å². The van der Waals surface area contributed by atoms with Gasteiger partial charge in [0.25, 0.3) is 0 Å².